The Hall–Kier alpha value is -1.22. The lowest BCUT2D eigenvalue weighted by Gasteiger charge is -2.22. The molecule has 0 heterocycles. The van der Waals surface area contributed by atoms with Crippen LogP contribution in [-0.2, 0) is 0 Å². The van der Waals surface area contributed by atoms with Crippen molar-refractivity contribution < 1.29 is 0 Å². The zero-order chi connectivity index (χ0) is 11.3. The number of nitrogens with zero attached hydrogens (tertiary/aromatic N) is 1. The molecule has 0 saturated heterocycles. The SMILES string of the molecule is CNCCCN(C)c1cccc(N)c1C. The summed E-state index contributed by atoms with van der Waals surface area (Å²) in [6.07, 6.45) is 1.14. The quantitative estimate of drug-likeness (QED) is 0.569. The highest BCUT2D eigenvalue weighted by Gasteiger charge is 2.05. The molecule has 0 atom stereocenters. The lowest BCUT2D eigenvalue weighted by atomic mass is 10.1. The molecule has 0 aliphatic carbocycles. The van der Waals surface area contributed by atoms with E-state index in [1.54, 1.807) is 0 Å². The van der Waals surface area contributed by atoms with Gasteiger partial charge in [0, 0.05) is 25.0 Å². The summed E-state index contributed by atoms with van der Waals surface area (Å²) in [7, 11) is 4.09. The fraction of sp³-hybridized carbons (Fsp3) is 0.500. The maximum absolute atomic E-state index is 5.87. The molecular weight excluding hydrogens is 186 g/mol. The third-order valence-electron chi connectivity index (χ3n) is 2.68. The molecule has 1 rings (SSSR count). The molecule has 0 spiro atoms. The number of nitrogens with one attached hydrogen (secondary N) is 1. The molecular formula is C12H21N3. The molecule has 3 N–H and O–H groups in total. The van der Waals surface area contributed by atoms with Gasteiger partial charge in [-0.15, -0.1) is 0 Å². The molecule has 0 saturated carbocycles. The first-order valence-corrected chi connectivity index (χ1v) is 5.37. The maximum Gasteiger partial charge on any atom is 0.0414 e. The highest BCUT2D eigenvalue weighted by Crippen LogP contribution is 2.23. The summed E-state index contributed by atoms with van der Waals surface area (Å²) in [4.78, 5) is 2.25. The molecule has 0 amide bonds. The third-order valence-corrected chi connectivity index (χ3v) is 2.68. The first-order chi connectivity index (χ1) is 7.16. The Morgan fingerprint density at radius 2 is 2.13 bits per heavy atom. The lowest BCUT2D eigenvalue weighted by Crippen LogP contribution is -2.23. The predicted molar refractivity (Wildman–Crippen MR) is 67.4 cm³/mol. The van der Waals surface area contributed by atoms with Gasteiger partial charge in [-0.3, -0.25) is 0 Å². The molecule has 3 heteroatoms. The zero-order valence-electron chi connectivity index (χ0n) is 9.88. The van der Waals surface area contributed by atoms with Crippen LogP contribution in [0.1, 0.15) is 12.0 Å². The van der Waals surface area contributed by atoms with Crippen molar-refractivity contribution in [1.82, 2.24) is 5.32 Å². The summed E-state index contributed by atoms with van der Waals surface area (Å²) in [5.74, 6) is 0. The van der Waals surface area contributed by atoms with Gasteiger partial charge in [-0.2, -0.15) is 0 Å². The van der Waals surface area contributed by atoms with Crippen molar-refractivity contribution in [3.63, 3.8) is 0 Å². The van der Waals surface area contributed by atoms with Crippen LogP contribution in [-0.4, -0.2) is 27.2 Å². The predicted octanol–water partition coefficient (Wildman–Crippen LogP) is 1.62. The van der Waals surface area contributed by atoms with Crippen LogP contribution in [0.4, 0.5) is 11.4 Å². The van der Waals surface area contributed by atoms with E-state index in [4.69, 9.17) is 5.73 Å². The molecule has 1 aromatic carbocycles. The lowest BCUT2D eigenvalue weighted by molar-refractivity contribution is 0.712. The van der Waals surface area contributed by atoms with Gasteiger partial charge in [0.25, 0.3) is 0 Å². The first-order valence-electron chi connectivity index (χ1n) is 5.37. The number of hydrogen-bond acceptors (Lipinski definition) is 3. The molecule has 15 heavy (non-hydrogen) atoms. The molecule has 0 aromatic heterocycles. The topological polar surface area (TPSA) is 41.3 Å². The van der Waals surface area contributed by atoms with Crippen molar-refractivity contribution in [2.45, 2.75) is 13.3 Å². The van der Waals surface area contributed by atoms with E-state index < -0.39 is 0 Å². The van der Waals surface area contributed by atoms with Gasteiger partial charge in [-0.05, 0) is 44.6 Å². The highest BCUT2D eigenvalue weighted by atomic mass is 15.1. The standard InChI is InChI=1S/C12H21N3/c1-10-11(13)6-4-7-12(10)15(3)9-5-8-14-2/h4,6-7,14H,5,8-9,13H2,1-3H3. The summed E-state index contributed by atoms with van der Waals surface area (Å²) in [5.41, 5.74) is 9.14. The van der Waals surface area contributed by atoms with Crippen LogP contribution in [0.2, 0.25) is 0 Å². The number of anilines is 2. The second-order valence-corrected chi connectivity index (χ2v) is 3.87. The van der Waals surface area contributed by atoms with E-state index in [9.17, 15) is 0 Å². The monoisotopic (exact) mass is 207 g/mol. The Labute approximate surface area is 92.3 Å². The Bertz CT molecular complexity index is 310. The molecule has 0 unspecified atom stereocenters. The van der Waals surface area contributed by atoms with E-state index in [-0.39, 0.29) is 0 Å². The van der Waals surface area contributed by atoms with Crippen molar-refractivity contribution in [2.24, 2.45) is 0 Å². The number of nitrogens with two attached hydrogens (primary N) is 1. The van der Waals surface area contributed by atoms with Crippen molar-refractivity contribution in [3.05, 3.63) is 23.8 Å². The minimum atomic E-state index is 0.868. The second kappa shape index (κ2) is 5.61. The van der Waals surface area contributed by atoms with Gasteiger partial charge in [0.1, 0.15) is 0 Å². The number of hydrogen-bond donors (Lipinski definition) is 2. The van der Waals surface area contributed by atoms with E-state index in [1.165, 1.54) is 11.3 Å². The van der Waals surface area contributed by atoms with Crippen LogP contribution >= 0.6 is 0 Å². The van der Waals surface area contributed by atoms with Gasteiger partial charge in [-0.25, -0.2) is 0 Å². The van der Waals surface area contributed by atoms with Crippen LogP contribution in [0.3, 0.4) is 0 Å². The fourth-order valence-electron chi connectivity index (χ4n) is 1.67. The summed E-state index contributed by atoms with van der Waals surface area (Å²) >= 11 is 0. The molecule has 0 bridgehead atoms. The van der Waals surface area contributed by atoms with Crippen molar-refractivity contribution in [1.29, 1.82) is 0 Å². The Balaban J connectivity index is 2.65. The van der Waals surface area contributed by atoms with Crippen molar-refractivity contribution in [3.8, 4) is 0 Å². The van der Waals surface area contributed by atoms with Gasteiger partial charge in [0.15, 0.2) is 0 Å². The summed E-state index contributed by atoms with van der Waals surface area (Å²) in [5, 5.41) is 3.15. The Morgan fingerprint density at radius 1 is 1.40 bits per heavy atom. The second-order valence-electron chi connectivity index (χ2n) is 3.87. The Kier molecular flexibility index (Phi) is 4.43. The summed E-state index contributed by atoms with van der Waals surface area (Å²) in [6.45, 7) is 4.16. The summed E-state index contributed by atoms with van der Waals surface area (Å²) < 4.78 is 0. The van der Waals surface area contributed by atoms with E-state index in [1.807, 2.05) is 19.2 Å². The van der Waals surface area contributed by atoms with Crippen LogP contribution in [0.25, 0.3) is 0 Å². The molecule has 0 radical (unpaired) electrons. The van der Waals surface area contributed by atoms with Crippen molar-refractivity contribution in [2.75, 3.05) is 37.8 Å². The minimum Gasteiger partial charge on any atom is -0.398 e. The zero-order valence-corrected chi connectivity index (χ0v) is 9.88. The molecule has 84 valence electrons. The van der Waals surface area contributed by atoms with Crippen LogP contribution in [0.5, 0.6) is 0 Å². The third kappa shape index (κ3) is 3.13. The number of rotatable bonds is 5. The van der Waals surface area contributed by atoms with Gasteiger partial charge < -0.3 is 16.0 Å². The van der Waals surface area contributed by atoms with E-state index in [0.29, 0.717) is 0 Å². The first kappa shape index (κ1) is 11.9. The van der Waals surface area contributed by atoms with Gasteiger partial charge >= 0.3 is 0 Å². The van der Waals surface area contributed by atoms with Crippen molar-refractivity contribution >= 4 is 11.4 Å². The average molecular weight is 207 g/mol. The average Bonchev–Trinajstić information content (AvgIpc) is 2.22. The van der Waals surface area contributed by atoms with E-state index in [0.717, 1.165) is 25.2 Å². The molecule has 0 fully saturated rings. The van der Waals surface area contributed by atoms with Crippen LogP contribution in [0, 0.1) is 6.92 Å². The van der Waals surface area contributed by atoms with Crippen LogP contribution < -0.4 is 16.0 Å². The fourth-order valence-corrected chi connectivity index (χ4v) is 1.67. The molecule has 3 nitrogen and oxygen atoms in total. The van der Waals surface area contributed by atoms with Gasteiger partial charge in [0.2, 0.25) is 0 Å². The molecule has 0 aliphatic rings. The normalized spacial score (nSPS) is 10.3. The molecule has 1 aromatic rings. The minimum absolute atomic E-state index is 0.868. The van der Waals surface area contributed by atoms with Gasteiger partial charge in [-0.1, -0.05) is 6.07 Å². The molecule has 0 aliphatic heterocycles. The van der Waals surface area contributed by atoms with E-state index >= 15 is 0 Å². The number of benzene rings is 1. The Morgan fingerprint density at radius 3 is 2.80 bits per heavy atom. The summed E-state index contributed by atoms with van der Waals surface area (Å²) in [6, 6.07) is 6.07. The smallest absolute Gasteiger partial charge is 0.0414 e. The largest absolute Gasteiger partial charge is 0.398 e. The van der Waals surface area contributed by atoms with Gasteiger partial charge in [0.05, 0.1) is 0 Å². The maximum atomic E-state index is 5.87. The highest BCUT2D eigenvalue weighted by molar-refractivity contribution is 5.63. The van der Waals surface area contributed by atoms with Crippen LogP contribution in [0.15, 0.2) is 18.2 Å². The number of nitrogen functional groups attached to an aromatic ring is 1. The van der Waals surface area contributed by atoms with E-state index in [2.05, 4.69) is 30.3 Å².